The molecule has 4 amide bonds. The maximum absolute atomic E-state index is 15.1. The number of pyridine rings is 2. The summed E-state index contributed by atoms with van der Waals surface area (Å²) in [6.07, 6.45) is 7.09. The zero-order chi connectivity index (χ0) is 46.0. The topological polar surface area (TPSA) is 101 Å². The highest BCUT2D eigenvalue weighted by molar-refractivity contribution is 6.45. The van der Waals surface area contributed by atoms with Crippen molar-refractivity contribution in [3.8, 4) is 22.3 Å². The van der Waals surface area contributed by atoms with Gasteiger partial charge in [-0.05, 0) is 173 Å². The van der Waals surface area contributed by atoms with Crippen molar-refractivity contribution in [2.24, 2.45) is 0 Å². The van der Waals surface area contributed by atoms with E-state index in [1.54, 1.807) is 24.8 Å². The molecule has 8 nitrogen and oxygen atoms in total. The Hall–Kier alpha value is -7.58. The molecule has 2 aliphatic rings. The summed E-state index contributed by atoms with van der Waals surface area (Å²) in [4.78, 5) is 71.6. The fraction of sp³-hybridized carbons (Fsp3) is 0.207. The van der Waals surface area contributed by atoms with Crippen LogP contribution >= 0.6 is 0 Å². The van der Waals surface area contributed by atoms with Crippen molar-refractivity contribution in [2.75, 3.05) is 9.80 Å². The number of anilines is 2. The Bertz CT molecular complexity index is 3160. The van der Waals surface area contributed by atoms with Crippen molar-refractivity contribution in [1.29, 1.82) is 0 Å². The molecule has 4 heterocycles. The number of hydrogen-bond donors (Lipinski definition) is 0. The van der Waals surface area contributed by atoms with Crippen LogP contribution in [0.3, 0.4) is 0 Å². The zero-order valence-electron chi connectivity index (χ0n) is 38.3. The molecule has 0 saturated heterocycles. The monoisotopic (exact) mass is 864 g/mol. The minimum Gasteiger partial charge on any atom is -0.268 e. The van der Waals surface area contributed by atoms with E-state index in [1.807, 2.05) is 72.8 Å². The first-order valence-corrected chi connectivity index (χ1v) is 22.9. The van der Waals surface area contributed by atoms with Crippen LogP contribution in [0.15, 0.2) is 122 Å². The molecule has 66 heavy (non-hydrogen) atoms. The highest BCUT2D eigenvalue weighted by atomic mass is 16.2. The number of hydrogen-bond acceptors (Lipinski definition) is 6. The Kier molecular flexibility index (Phi) is 9.35. The molecule has 0 unspecified atom stereocenters. The van der Waals surface area contributed by atoms with E-state index in [4.69, 9.17) is 0 Å². The molecule has 2 aromatic heterocycles. The first-order valence-electron chi connectivity index (χ1n) is 22.9. The van der Waals surface area contributed by atoms with Crippen molar-refractivity contribution in [3.63, 3.8) is 0 Å². The van der Waals surface area contributed by atoms with Crippen LogP contribution in [0.1, 0.15) is 143 Å². The van der Waals surface area contributed by atoms with Gasteiger partial charge in [-0.1, -0.05) is 79.7 Å². The number of fused-ring (bicyclic) bond motifs is 2. The van der Waals surface area contributed by atoms with Gasteiger partial charge in [0.1, 0.15) is 0 Å². The quantitative estimate of drug-likeness (QED) is 0.0857. The molecule has 0 aliphatic carbocycles. The normalized spacial score (nSPS) is 14.1. The van der Waals surface area contributed by atoms with Crippen LogP contribution in [0.2, 0.25) is 0 Å². The second-order valence-electron chi connectivity index (χ2n) is 19.1. The summed E-state index contributed by atoms with van der Waals surface area (Å²) in [6.45, 7) is 16.8. The van der Waals surface area contributed by atoms with Crippen LogP contribution in [-0.4, -0.2) is 33.6 Å². The zero-order valence-corrected chi connectivity index (χ0v) is 38.3. The number of carbonyl (C=O) groups is 4. The van der Waals surface area contributed by atoms with E-state index < -0.39 is 0 Å². The lowest BCUT2D eigenvalue weighted by atomic mass is 9.81. The van der Waals surface area contributed by atoms with Crippen molar-refractivity contribution < 1.29 is 19.2 Å². The molecule has 2 aliphatic heterocycles. The predicted molar refractivity (Wildman–Crippen MR) is 266 cm³/mol. The van der Waals surface area contributed by atoms with Gasteiger partial charge in [-0.3, -0.25) is 29.1 Å². The number of rotatable bonds is 8. The Balaban J connectivity index is 1.08. The minimum atomic E-state index is -0.362. The molecule has 0 fully saturated rings. The summed E-state index contributed by atoms with van der Waals surface area (Å²) >= 11 is 0. The highest BCUT2D eigenvalue weighted by Gasteiger charge is 2.41. The average Bonchev–Trinajstić information content (AvgIpc) is 3.32. The molecule has 0 N–H and O–H groups in total. The maximum Gasteiger partial charge on any atom is 0.266 e. The van der Waals surface area contributed by atoms with E-state index in [-0.39, 0.29) is 47.3 Å². The molecular weight excluding hydrogens is 817 g/mol. The van der Waals surface area contributed by atoms with Crippen LogP contribution in [0.5, 0.6) is 0 Å². The summed E-state index contributed by atoms with van der Waals surface area (Å²) in [6, 6.07) is 31.6. The third-order valence-corrected chi connectivity index (χ3v) is 13.9. The Morgan fingerprint density at radius 3 is 0.833 bits per heavy atom. The Morgan fingerprint density at radius 1 is 0.333 bits per heavy atom. The molecule has 0 atom stereocenters. The molecule has 0 saturated carbocycles. The van der Waals surface area contributed by atoms with Gasteiger partial charge < -0.3 is 0 Å². The molecule has 7 aromatic carbocycles. The number of imide groups is 2. The number of nitrogens with zero attached hydrogens (tertiary/aromatic N) is 4. The third kappa shape index (κ3) is 5.83. The van der Waals surface area contributed by atoms with Crippen molar-refractivity contribution in [2.45, 2.75) is 79.1 Å². The summed E-state index contributed by atoms with van der Waals surface area (Å²) in [5, 5.41) is 6.27. The molecule has 0 spiro atoms. The lowest BCUT2D eigenvalue weighted by Gasteiger charge is -2.34. The van der Waals surface area contributed by atoms with Gasteiger partial charge in [-0.25, -0.2) is 9.80 Å². The average molecular weight is 865 g/mol. The SMILES string of the molecule is CC(C)c1cc(-c2ccncc2)cc(C(C)C)c1N1C(=O)c2ccc3c4ccc5c6c(ccc(c7ccc(c2c37)C1=O)c64)C(=O)N(c1c(C(C)C)cc(-c2ccncc2)cc1C(C)C)C5=O. The van der Waals surface area contributed by atoms with E-state index in [2.05, 4.69) is 89.6 Å². The van der Waals surface area contributed by atoms with Crippen molar-refractivity contribution in [1.82, 2.24) is 9.97 Å². The molecule has 324 valence electrons. The summed E-state index contributed by atoms with van der Waals surface area (Å²) in [7, 11) is 0. The summed E-state index contributed by atoms with van der Waals surface area (Å²) in [5.74, 6) is -1.41. The minimum absolute atomic E-state index is 0.00812. The van der Waals surface area contributed by atoms with Gasteiger partial charge in [-0.2, -0.15) is 0 Å². The fourth-order valence-corrected chi connectivity index (χ4v) is 10.7. The van der Waals surface area contributed by atoms with Gasteiger partial charge in [0.2, 0.25) is 0 Å². The van der Waals surface area contributed by atoms with Gasteiger partial charge in [0.25, 0.3) is 23.6 Å². The van der Waals surface area contributed by atoms with E-state index in [0.717, 1.165) is 76.8 Å². The van der Waals surface area contributed by atoms with Crippen LogP contribution in [0.25, 0.3) is 65.3 Å². The first kappa shape index (κ1) is 41.1. The van der Waals surface area contributed by atoms with Crippen LogP contribution in [0, 0.1) is 0 Å². The second kappa shape index (κ2) is 15.0. The van der Waals surface area contributed by atoms with Gasteiger partial charge >= 0.3 is 0 Å². The molecule has 0 bridgehead atoms. The van der Waals surface area contributed by atoms with Crippen LogP contribution in [0.4, 0.5) is 11.4 Å². The van der Waals surface area contributed by atoms with E-state index >= 15 is 19.2 Å². The van der Waals surface area contributed by atoms with Gasteiger partial charge in [0.15, 0.2) is 0 Å². The standard InChI is InChI=1S/C58H48N4O4/c1-29(2)45-25-35(33-17-21-59-22-18-33)26-46(30(3)4)53(45)61-55(63)41-13-9-37-39-11-15-43-52-44(16-12-40(50(39)52)38-10-14-42(56(61)64)51(41)49(37)38)58(66)62(57(43)65)54-47(31(5)6)27-36(28-48(54)32(7)8)34-19-23-60-24-20-34/h9-32H,1-8H3. The number of carbonyl (C=O) groups excluding carboxylic acids is 4. The Labute approximate surface area is 383 Å². The summed E-state index contributed by atoms with van der Waals surface area (Å²) < 4.78 is 0. The Morgan fingerprint density at radius 2 is 0.591 bits per heavy atom. The van der Waals surface area contributed by atoms with Crippen LogP contribution < -0.4 is 9.80 Å². The molecule has 9 aromatic rings. The maximum atomic E-state index is 15.1. The predicted octanol–water partition coefficient (Wildman–Crippen LogP) is 14.0. The van der Waals surface area contributed by atoms with Crippen molar-refractivity contribution in [3.05, 3.63) is 166 Å². The second-order valence-corrected chi connectivity index (χ2v) is 19.1. The lowest BCUT2D eigenvalue weighted by molar-refractivity contribution is 0.0877. The molecule has 0 radical (unpaired) electrons. The third-order valence-electron chi connectivity index (χ3n) is 13.9. The molecular formula is C58H48N4O4. The fourth-order valence-electron chi connectivity index (χ4n) is 10.7. The lowest BCUT2D eigenvalue weighted by Crippen LogP contribution is -2.42. The van der Waals surface area contributed by atoms with Gasteiger partial charge in [0, 0.05) is 57.8 Å². The van der Waals surface area contributed by atoms with E-state index in [9.17, 15) is 0 Å². The molecule has 11 rings (SSSR count). The summed E-state index contributed by atoms with van der Waals surface area (Å²) in [5.41, 5.74) is 10.8. The van der Waals surface area contributed by atoms with Gasteiger partial charge in [0.05, 0.1) is 11.4 Å². The smallest absolute Gasteiger partial charge is 0.266 e. The van der Waals surface area contributed by atoms with E-state index in [1.165, 1.54) is 9.80 Å². The number of benzene rings is 7. The molecule has 8 heteroatoms. The van der Waals surface area contributed by atoms with Crippen molar-refractivity contribution >= 4 is 78.1 Å². The number of aromatic nitrogens is 2. The van der Waals surface area contributed by atoms with Gasteiger partial charge in [-0.15, -0.1) is 0 Å². The van der Waals surface area contributed by atoms with Crippen LogP contribution in [-0.2, 0) is 0 Å². The van der Waals surface area contributed by atoms with E-state index in [0.29, 0.717) is 44.4 Å². The highest BCUT2D eigenvalue weighted by Crippen LogP contribution is 2.50. The number of amides is 4. The first-order chi connectivity index (χ1) is 31.8. The largest absolute Gasteiger partial charge is 0.268 e.